The summed E-state index contributed by atoms with van der Waals surface area (Å²) < 4.78 is 13.8. The van der Waals surface area contributed by atoms with E-state index in [9.17, 15) is 9.18 Å². The van der Waals surface area contributed by atoms with E-state index in [2.05, 4.69) is 0 Å². The van der Waals surface area contributed by atoms with E-state index >= 15 is 0 Å². The molecule has 21 heavy (non-hydrogen) atoms. The van der Waals surface area contributed by atoms with Crippen molar-refractivity contribution in [1.29, 1.82) is 0 Å². The topological polar surface area (TPSA) is 46.3 Å². The fourth-order valence-electron chi connectivity index (χ4n) is 2.24. The number of benzene rings is 2. The first-order valence-electron chi connectivity index (χ1n) is 7.00. The number of carbonyl (C=O) groups excluding carboxylic acids is 1. The van der Waals surface area contributed by atoms with Crippen molar-refractivity contribution in [3.05, 3.63) is 65.5 Å². The lowest BCUT2D eigenvalue weighted by molar-refractivity contribution is 0.0738. The molecular formula is C17H19FN2O. The second-order valence-corrected chi connectivity index (χ2v) is 4.95. The summed E-state index contributed by atoms with van der Waals surface area (Å²) in [5, 5.41) is 0. The van der Waals surface area contributed by atoms with Gasteiger partial charge >= 0.3 is 0 Å². The van der Waals surface area contributed by atoms with Crippen LogP contribution in [0.3, 0.4) is 0 Å². The maximum Gasteiger partial charge on any atom is 0.257 e. The SMILES string of the molecule is CCCN(Cc1cccc(N)c1)C(=O)c1ccccc1F. The Morgan fingerprint density at radius 1 is 1.19 bits per heavy atom. The van der Waals surface area contributed by atoms with Crippen molar-refractivity contribution in [2.45, 2.75) is 19.9 Å². The van der Waals surface area contributed by atoms with Crippen molar-refractivity contribution in [2.75, 3.05) is 12.3 Å². The summed E-state index contributed by atoms with van der Waals surface area (Å²) in [5.41, 5.74) is 7.46. The zero-order valence-corrected chi connectivity index (χ0v) is 12.1. The molecule has 0 fully saturated rings. The Morgan fingerprint density at radius 2 is 1.95 bits per heavy atom. The van der Waals surface area contributed by atoms with Gasteiger partial charge in [0.2, 0.25) is 0 Å². The summed E-state index contributed by atoms with van der Waals surface area (Å²) in [7, 11) is 0. The molecule has 0 saturated heterocycles. The molecule has 0 aliphatic carbocycles. The number of hydrogen-bond acceptors (Lipinski definition) is 2. The maximum absolute atomic E-state index is 13.8. The zero-order chi connectivity index (χ0) is 15.2. The van der Waals surface area contributed by atoms with Gasteiger partial charge in [0, 0.05) is 18.8 Å². The number of anilines is 1. The number of rotatable bonds is 5. The van der Waals surface area contributed by atoms with Crippen molar-refractivity contribution >= 4 is 11.6 Å². The highest BCUT2D eigenvalue weighted by Gasteiger charge is 2.18. The molecule has 2 aromatic carbocycles. The minimum Gasteiger partial charge on any atom is -0.399 e. The van der Waals surface area contributed by atoms with Gasteiger partial charge in [0.1, 0.15) is 5.82 Å². The van der Waals surface area contributed by atoms with E-state index in [1.54, 1.807) is 23.1 Å². The van der Waals surface area contributed by atoms with E-state index < -0.39 is 5.82 Å². The van der Waals surface area contributed by atoms with Crippen LogP contribution in [0, 0.1) is 5.82 Å². The van der Waals surface area contributed by atoms with Crippen LogP contribution < -0.4 is 5.73 Å². The van der Waals surface area contributed by atoms with Gasteiger partial charge in [0.05, 0.1) is 5.56 Å². The monoisotopic (exact) mass is 286 g/mol. The van der Waals surface area contributed by atoms with Crippen LogP contribution in [0.5, 0.6) is 0 Å². The van der Waals surface area contributed by atoms with E-state index in [0.717, 1.165) is 12.0 Å². The molecule has 2 rings (SSSR count). The van der Waals surface area contributed by atoms with Gasteiger partial charge in [0.25, 0.3) is 5.91 Å². The first-order chi connectivity index (χ1) is 10.1. The van der Waals surface area contributed by atoms with E-state index in [-0.39, 0.29) is 11.5 Å². The van der Waals surface area contributed by atoms with Crippen LogP contribution in [-0.4, -0.2) is 17.4 Å². The standard InChI is InChI=1S/C17H19FN2O/c1-2-10-20(12-13-6-5-7-14(19)11-13)17(21)15-8-3-4-9-16(15)18/h3-9,11H,2,10,12,19H2,1H3. The number of nitrogen functional groups attached to an aromatic ring is 1. The molecule has 0 heterocycles. The molecule has 0 aliphatic heterocycles. The number of halogens is 1. The summed E-state index contributed by atoms with van der Waals surface area (Å²) in [6.45, 7) is 2.98. The average Bonchev–Trinajstić information content (AvgIpc) is 2.47. The molecule has 110 valence electrons. The fraction of sp³-hybridized carbons (Fsp3) is 0.235. The minimum absolute atomic E-state index is 0.106. The predicted molar refractivity (Wildman–Crippen MR) is 82.3 cm³/mol. The highest BCUT2D eigenvalue weighted by Crippen LogP contribution is 2.15. The van der Waals surface area contributed by atoms with Crippen molar-refractivity contribution in [3.8, 4) is 0 Å². The molecule has 0 radical (unpaired) electrons. The van der Waals surface area contributed by atoms with Gasteiger partial charge in [-0.25, -0.2) is 4.39 Å². The van der Waals surface area contributed by atoms with Gasteiger partial charge in [-0.3, -0.25) is 4.79 Å². The fourth-order valence-corrected chi connectivity index (χ4v) is 2.24. The normalized spacial score (nSPS) is 10.4. The van der Waals surface area contributed by atoms with Crippen LogP contribution in [0.4, 0.5) is 10.1 Å². The van der Waals surface area contributed by atoms with Crippen molar-refractivity contribution < 1.29 is 9.18 Å². The lowest BCUT2D eigenvalue weighted by atomic mass is 10.1. The van der Waals surface area contributed by atoms with Gasteiger partial charge in [0.15, 0.2) is 0 Å². The van der Waals surface area contributed by atoms with Crippen molar-refractivity contribution in [3.63, 3.8) is 0 Å². The Morgan fingerprint density at radius 3 is 2.62 bits per heavy atom. The van der Waals surface area contributed by atoms with Gasteiger partial charge in [-0.05, 0) is 36.2 Å². The molecule has 0 aliphatic rings. The first-order valence-corrected chi connectivity index (χ1v) is 7.00. The van der Waals surface area contributed by atoms with Crippen molar-refractivity contribution in [2.24, 2.45) is 0 Å². The summed E-state index contributed by atoms with van der Waals surface area (Å²) in [4.78, 5) is 14.1. The molecule has 1 amide bonds. The van der Waals surface area contributed by atoms with E-state index in [4.69, 9.17) is 5.73 Å². The largest absolute Gasteiger partial charge is 0.399 e. The van der Waals surface area contributed by atoms with Gasteiger partial charge in [-0.15, -0.1) is 0 Å². The lowest BCUT2D eigenvalue weighted by Crippen LogP contribution is -2.32. The first kappa shape index (κ1) is 15.0. The number of hydrogen-bond donors (Lipinski definition) is 1. The molecule has 0 unspecified atom stereocenters. The highest BCUT2D eigenvalue weighted by molar-refractivity contribution is 5.94. The number of carbonyl (C=O) groups is 1. The number of nitrogens with zero attached hydrogens (tertiary/aromatic N) is 1. The smallest absolute Gasteiger partial charge is 0.257 e. The van der Waals surface area contributed by atoms with Crippen LogP contribution >= 0.6 is 0 Å². The molecule has 0 atom stereocenters. The molecule has 3 nitrogen and oxygen atoms in total. The molecule has 0 aromatic heterocycles. The van der Waals surface area contributed by atoms with Crippen LogP contribution in [-0.2, 0) is 6.54 Å². The Kier molecular flexibility index (Phi) is 4.93. The number of nitrogens with two attached hydrogens (primary N) is 1. The van der Waals surface area contributed by atoms with Crippen LogP contribution in [0.15, 0.2) is 48.5 Å². The third-order valence-corrected chi connectivity index (χ3v) is 3.21. The van der Waals surface area contributed by atoms with E-state index in [0.29, 0.717) is 18.8 Å². The summed E-state index contributed by atoms with van der Waals surface area (Å²) in [5.74, 6) is -0.784. The van der Waals surface area contributed by atoms with Crippen molar-refractivity contribution in [1.82, 2.24) is 4.90 Å². The molecule has 4 heteroatoms. The van der Waals surface area contributed by atoms with Crippen LogP contribution in [0.2, 0.25) is 0 Å². The maximum atomic E-state index is 13.8. The van der Waals surface area contributed by atoms with Crippen LogP contribution in [0.25, 0.3) is 0 Å². The Balaban J connectivity index is 2.22. The van der Waals surface area contributed by atoms with E-state index in [1.165, 1.54) is 12.1 Å². The Labute approximate surface area is 124 Å². The third kappa shape index (κ3) is 3.81. The highest BCUT2D eigenvalue weighted by atomic mass is 19.1. The molecule has 0 bridgehead atoms. The second-order valence-electron chi connectivity index (χ2n) is 4.95. The minimum atomic E-state index is -0.490. The molecular weight excluding hydrogens is 267 g/mol. The number of amides is 1. The Bertz CT molecular complexity index is 628. The van der Waals surface area contributed by atoms with E-state index in [1.807, 2.05) is 25.1 Å². The molecule has 2 N–H and O–H groups in total. The van der Waals surface area contributed by atoms with Gasteiger partial charge in [-0.1, -0.05) is 31.2 Å². The quantitative estimate of drug-likeness (QED) is 0.856. The van der Waals surface area contributed by atoms with Gasteiger partial charge in [-0.2, -0.15) is 0 Å². The predicted octanol–water partition coefficient (Wildman–Crippen LogP) is 3.46. The lowest BCUT2D eigenvalue weighted by Gasteiger charge is -2.22. The third-order valence-electron chi connectivity index (χ3n) is 3.21. The Hall–Kier alpha value is -2.36. The summed E-state index contributed by atoms with van der Waals surface area (Å²) >= 11 is 0. The zero-order valence-electron chi connectivity index (χ0n) is 12.1. The summed E-state index contributed by atoms with van der Waals surface area (Å²) in [6, 6.07) is 13.5. The second kappa shape index (κ2) is 6.88. The van der Waals surface area contributed by atoms with Crippen LogP contribution in [0.1, 0.15) is 29.3 Å². The molecule has 0 spiro atoms. The molecule has 0 saturated carbocycles. The summed E-state index contributed by atoms with van der Waals surface area (Å²) in [6.07, 6.45) is 0.808. The average molecular weight is 286 g/mol. The van der Waals surface area contributed by atoms with Gasteiger partial charge < -0.3 is 10.6 Å². The molecule has 2 aromatic rings.